The average molecular weight is 331 g/mol. The molecule has 1 amide bonds. The first-order valence-corrected chi connectivity index (χ1v) is 6.59. The maximum absolute atomic E-state index is 12.3. The first-order valence-electron chi connectivity index (χ1n) is 5.51. The second-order valence-electron chi connectivity index (χ2n) is 4.41. The van der Waals surface area contributed by atoms with Gasteiger partial charge in [-0.05, 0) is 68.5 Å². The highest BCUT2D eigenvalue weighted by Gasteiger charge is 2.21. The lowest BCUT2D eigenvalue weighted by molar-refractivity contribution is 0.0643. The summed E-state index contributed by atoms with van der Waals surface area (Å²) in [4.78, 5) is 14.2. The molecule has 0 N–H and O–H groups in total. The lowest BCUT2D eigenvalue weighted by Crippen LogP contribution is -2.42. The van der Waals surface area contributed by atoms with E-state index in [1.54, 1.807) is 0 Å². The number of nitrogens with zero attached hydrogens (tertiary/aromatic N) is 1. The van der Waals surface area contributed by atoms with Crippen molar-refractivity contribution in [2.24, 2.45) is 0 Å². The number of hydrogen-bond donors (Lipinski definition) is 0. The highest BCUT2D eigenvalue weighted by atomic mass is 127. The van der Waals surface area contributed by atoms with Gasteiger partial charge in [-0.2, -0.15) is 0 Å². The summed E-state index contributed by atoms with van der Waals surface area (Å²) in [5.41, 5.74) is 0.773. The van der Waals surface area contributed by atoms with Gasteiger partial charge in [0, 0.05) is 21.2 Å². The van der Waals surface area contributed by atoms with Gasteiger partial charge in [0.25, 0.3) is 5.91 Å². The summed E-state index contributed by atoms with van der Waals surface area (Å²) >= 11 is 2.23. The largest absolute Gasteiger partial charge is 0.334 e. The van der Waals surface area contributed by atoms with E-state index in [2.05, 4.69) is 22.6 Å². The van der Waals surface area contributed by atoms with Crippen LogP contribution in [-0.4, -0.2) is 22.9 Å². The van der Waals surface area contributed by atoms with Gasteiger partial charge >= 0.3 is 0 Å². The minimum absolute atomic E-state index is 0.114. The third-order valence-electron chi connectivity index (χ3n) is 2.42. The first kappa shape index (κ1) is 13.5. The Kier molecular flexibility index (Phi) is 4.77. The average Bonchev–Trinajstić information content (AvgIpc) is 2.16. The van der Waals surface area contributed by atoms with E-state index in [4.69, 9.17) is 0 Å². The van der Waals surface area contributed by atoms with Gasteiger partial charge in [0.1, 0.15) is 0 Å². The standard InChI is InChI=1S/C13H18INO/c1-9(2)15(10(3)4)13(16)11-6-5-7-12(14)8-11/h5-10H,1-4H3. The number of halogens is 1. The zero-order valence-electron chi connectivity index (χ0n) is 10.2. The van der Waals surface area contributed by atoms with Crippen LogP contribution in [0, 0.1) is 3.57 Å². The van der Waals surface area contributed by atoms with Crippen LogP contribution in [0.25, 0.3) is 0 Å². The third-order valence-corrected chi connectivity index (χ3v) is 3.09. The first-order chi connectivity index (χ1) is 7.43. The maximum atomic E-state index is 12.3. The molecule has 0 aliphatic heterocycles. The summed E-state index contributed by atoms with van der Waals surface area (Å²) in [5.74, 6) is 0.114. The molecular formula is C13H18INO. The van der Waals surface area contributed by atoms with Gasteiger partial charge in [-0.15, -0.1) is 0 Å². The molecule has 0 aliphatic carbocycles. The molecule has 1 rings (SSSR count). The van der Waals surface area contributed by atoms with E-state index in [0.717, 1.165) is 9.13 Å². The highest BCUT2D eigenvalue weighted by molar-refractivity contribution is 14.1. The van der Waals surface area contributed by atoms with Crippen LogP contribution in [0.2, 0.25) is 0 Å². The smallest absolute Gasteiger partial charge is 0.254 e. The second-order valence-corrected chi connectivity index (χ2v) is 5.66. The molecule has 0 fully saturated rings. The van der Waals surface area contributed by atoms with E-state index in [9.17, 15) is 4.79 Å². The van der Waals surface area contributed by atoms with Crippen molar-refractivity contribution in [2.75, 3.05) is 0 Å². The van der Waals surface area contributed by atoms with Crippen molar-refractivity contribution in [2.45, 2.75) is 39.8 Å². The molecule has 0 heterocycles. The summed E-state index contributed by atoms with van der Waals surface area (Å²) in [6, 6.07) is 8.18. The Morgan fingerprint density at radius 1 is 1.19 bits per heavy atom. The van der Waals surface area contributed by atoms with Crippen LogP contribution in [0.4, 0.5) is 0 Å². The molecule has 3 heteroatoms. The summed E-state index contributed by atoms with van der Waals surface area (Å²) in [6.07, 6.45) is 0. The molecule has 88 valence electrons. The Morgan fingerprint density at radius 3 is 2.19 bits per heavy atom. The van der Waals surface area contributed by atoms with Crippen molar-refractivity contribution in [1.29, 1.82) is 0 Å². The number of amides is 1. The Morgan fingerprint density at radius 2 is 1.75 bits per heavy atom. The predicted molar refractivity (Wildman–Crippen MR) is 75.6 cm³/mol. The minimum atomic E-state index is 0.114. The molecule has 0 saturated heterocycles. The summed E-state index contributed by atoms with van der Waals surface area (Å²) in [6.45, 7) is 8.19. The fourth-order valence-electron chi connectivity index (χ4n) is 1.84. The molecule has 0 saturated carbocycles. The van der Waals surface area contributed by atoms with Gasteiger partial charge in [-0.3, -0.25) is 4.79 Å². The molecule has 0 aromatic heterocycles. The van der Waals surface area contributed by atoms with Gasteiger partial charge < -0.3 is 4.90 Å². The molecule has 16 heavy (non-hydrogen) atoms. The summed E-state index contributed by atoms with van der Waals surface area (Å²) in [5, 5.41) is 0. The van der Waals surface area contributed by atoms with Crippen molar-refractivity contribution >= 4 is 28.5 Å². The molecule has 0 radical (unpaired) electrons. The SMILES string of the molecule is CC(C)N(C(=O)c1cccc(I)c1)C(C)C. The van der Waals surface area contributed by atoms with Gasteiger partial charge in [-0.1, -0.05) is 6.07 Å². The van der Waals surface area contributed by atoms with Crippen LogP contribution in [-0.2, 0) is 0 Å². The summed E-state index contributed by atoms with van der Waals surface area (Å²) < 4.78 is 1.09. The van der Waals surface area contributed by atoms with Crippen LogP contribution in [0.3, 0.4) is 0 Å². The van der Waals surface area contributed by atoms with Crippen LogP contribution >= 0.6 is 22.6 Å². The Hall–Kier alpha value is -0.580. The van der Waals surface area contributed by atoms with Crippen LogP contribution < -0.4 is 0 Å². The molecule has 0 aliphatic rings. The number of hydrogen-bond acceptors (Lipinski definition) is 1. The van der Waals surface area contributed by atoms with E-state index < -0.39 is 0 Å². The fraction of sp³-hybridized carbons (Fsp3) is 0.462. The molecule has 0 unspecified atom stereocenters. The van der Waals surface area contributed by atoms with Crippen molar-refractivity contribution in [3.05, 3.63) is 33.4 Å². The van der Waals surface area contributed by atoms with E-state index in [0.29, 0.717) is 0 Å². The fourth-order valence-corrected chi connectivity index (χ4v) is 2.38. The second kappa shape index (κ2) is 5.66. The molecular weight excluding hydrogens is 313 g/mol. The van der Waals surface area contributed by atoms with Gasteiger partial charge in [-0.25, -0.2) is 0 Å². The Balaban J connectivity index is 2.99. The molecule has 0 atom stereocenters. The number of carbonyl (C=O) groups excluding carboxylic acids is 1. The Bertz CT molecular complexity index is 366. The molecule has 1 aromatic rings. The normalized spacial score (nSPS) is 10.9. The predicted octanol–water partition coefficient (Wildman–Crippen LogP) is 3.55. The van der Waals surface area contributed by atoms with Gasteiger partial charge in [0.05, 0.1) is 0 Å². The topological polar surface area (TPSA) is 20.3 Å². The lowest BCUT2D eigenvalue weighted by Gasteiger charge is -2.30. The molecule has 0 spiro atoms. The van der Waals surface area contributed by atoms with E-state index in [-0.39, 0.29) is 18.0 Å². The van der Waals surface area contributed by atoms with E-state index >= 15 is 0 Å². The minimum Gasteiger partial charge on any atom is -0.334 e. The van der Waals surface area contributed by atoms with E-state index in [1.807, 2.05) is 56.9 Å². The highest BCUT2D eigenvalue weighted by Crippen LogP contribution is 2.14. The van der Waals surface area contributed by atoms with Crippen LogP contribution in [0.15, 0.2) is 24.3 Å². The number of rotatable bonds is 3. The van der Waals surface area contributed by atoms with Crippen molar-refractivity contribution in [3.63, 3.8) is 0 Å². The van der Waals surface area contributed by atoms with Crippen molar-refractivity contribution in [3.8, 4) is 0 Å². The van der Waals surface area contributed by atoms with E-state index in [1.165, 1.54) is 0 Å². The maximum Gasteiger partial charge on any atom is 0.254 e. The molecule has 2 nitrogen and oxygen atoms in total. The summed E-state index contributed by atoms with van der Waals surface area (Å²) in [7, 11) is 0. The molecule has 1 aromatic carbocycles. The zero-order valence-corrected chi connectivity index (χ0v) is 12.4. The van der Waals surface area contributed by atoms with Crippen molar-refractivity contribution in [1.82, 2.24) is 4.90 Å². The van der Waals surface area contributed by atoms with Crippen LogP contribution in [0.1, 0.15) is 38.1 Å². The van der Waals surface area contributed by atoms with Gasteiger partial charge in [0.15, 0.2) is 0 Å². The number of benzene rings is 1. The lowest BCUT2D eigenvalue weighted by atomic mass is 10.1. The Labute approximate surface area is 111 Å². The molecule has 0 bridgehead atoms. The zero-order chi connectivity index (χ0) is 12.3. The van der Waals surface area contributed by atoms with Crippen molar-refractivity contribution < 1.29 is 4.79 Å². The van der Waals surface area contributed by atoms with Gasteiger partial charge in [0.2, 0.25) is 0 Å². The quantitative estimate of drug-likeness (QED) is 0.776. The monoisotopic (exact) mass is 331 g/mol. The third kappa shape index (κ3) is 3.20. The number of carbonyl (C=O) groups is 1. The van der Waals surface area contributed by atoms with Crippen LogP contribution in [0.5, 0.6) is 0 Å².